The van der Waals surface area contributed by atoms with Crippen molar-refractivity contribution in [3.8, 4) is 17.0 Å². The van der Waals surface area contributed by atoms with Gasteiger partial charge in [-0.15, -0.1) is 0 Å². The van der Waals surface area contributed by atoms with Gasteiger partial charge in [0.1, 0.15) is 11.3 Å². The standard InChI is InChI=1S/C19H17N5O/c1-25-17-5-4-12(15-10-16-19(24-15)23-8-7-22-16)9-14(17)18(20)13-3-2-6-21-11-13/h2-11,18H,20H2,1H3,(H,23,24). The third-order valence-electron chi connectivity index (χ3n) is 4.18. The van der Waals surface area contributed by atoms with Crippen molar-refractivity contribution < 1.29 is 4.74 Å². The fourth-order valence-electron chi connectivity index (χ4n) is 2.89. The summed E-state index contributed by atoms with van der Waals surface area (Å²) < 4.78 is 5.50. The van der Waals surface area contributed by atoms with E-state index in [1.165, 1.54) is 0 Å². The molecule has 0 radical (unpaired) electrons. The van der Waals surface area contributed by atoms with E-state index in [-0.39, 0.29) is 6.04 Å². The number of aromatic amines is 1. The van der Waals surface area contributed by atoms with Gasteiger partial charge in [-0.2, -0.15) is 0 Å². The zero-order valence-electron chi connectivity index (χ0n) is 13.7. The van der Waals surface area contributed by atoms with Gasteiger partial charge in [-0.25, -0.2) is 4.98 Å². The van der Waals surface area contributed by atoms with Crippen molar-refractivity contribution in [1.82, 2.24) is 19.9 Å². The van der Waals surface area contributed by atoms with Crippen LogP contribution in [-0.2, 0) is 0 Å². The van der Waals surface area contributed by atoms with Gasteiger partial charge in [-0.3, -0.25) is 9.97 Å². The molecule has 3 N–H and O–H groups in total. The summed E-state index contributed by atoms with van der Waals surface area (Å²) in [6.07, 6.45) is 6.85. The number of H-pyrrole nitrogens is 1. The third-order valence-corrected chi connectivity index (χ3v) is 4.18. The number of nitrogens with one attached hydrogen (secondary N) is 1. The molecule has 124 valence electrons. The normalized spacial score (nSPS) is 12.2. The molecular weight excluding hydrogens is 314 g/mol. The summed E-state index contributed by atoms with van der Waals surface area (Å²) in [6.45, 7) is 0. The Balaban J connectivity index is 1.80. The van der Waals surface area contributed by atoms with Crippen molar-refractivity contribution in [2.24, 2.45) is 5.73 Å². The van der Waals surface area contributed by atoms with E-state index in [0.717, 1.165) is 39.3 Å². The minimum atomic E-state index is -0.329. The van der Waals surface area contributed by atoms with Crippen LogP contribution >= 0.6 is 0 Å². The number of benzene rings is 1. The molecule has 4 aromatic rings. The molecule has 0 spiro atoms. The van der Waals surface area contributed by atoms with Gasteiger partial charge in [0, 0.05) is 36.0 Å². The highest BCUT2D eigenvalue weighted by Gasteiger charge is 2.16. The monoisotopic (exact) mass is 331 g/mol. The van der Waals surface area contributed by atoms with Crippen LogP contribution in [0, 0.1) is 0 Å². The van der Waals surface area contributed by atoms with Crippen LogP contribution in [0.5, 0.6) is 5.75 Å². The first-order valence-corrected chi connectivity index (χ1v) is 7.90. The third kappa shape index (κ3) is 2.83. The molecule has 0 saturated heterocycles. The van der Waals surface area contributed by atoms with Crippen LogP contribution in [0.25, 0.3) is 22.4 Å². The van der Waals surface area contributed by atoms with Crippen molar-refractivity contribution >= 4 is 11.2 Å². The van der Waals surface area contributed by atoms with Crippen molar-refractivity contribution in [3.63, 3.8) is 0 Å². The van der Waals surface area contributed by atoms with E-state index in [0.29, 0.717) is 0 Å². The summed E-state index contributed by atoms with van der Waals surface area (Å²) in [6, 6.07) is 11.4. The minimum absolute atomic E-state index is 0.329. The first-order valence-electron chi connectivity index (χ1n) is 7.90. The smallest absolute Gasteiger partial charge is 0.156 e. The second-order valence-corrected chi connectivity index (χ2v) is 5.69. The van der Waals surface area contributed by atoms with E-state index in [1.54, 1.807) is 31.9 Å². The summed E-state index contributed by atoms with van der Waals surface area (Å²) in [4.78, 5) is 16.0. The minimum Gasteiger partial charge on any atom is -0.496 e. The topological polar surface area (TPSA) is 89.7 Å². The second-order valence-electron chi connectivity index (χ2n) is 5.69. The zero-order valence-corrected chi connectivity index (χ0v) is 13.7. The summed E-state index contributed by atoms with van der Waals surface area (Å²) in [7, 11) is 1.64. The number of nitrogens with two attached hydrogens (primary N) is 1. The van der Waals surface area contributed by atoms with Crippen LogP contribution in [0.15, 0.2) is 61.2 Å². The van der Waals surface area contributed by atoms with Gasteiger partial charge in [-0.1, -0.05) is 6.07 Å². The molecule has 0 fully saturated rings. The second kappa shape index (κ2) is 6.33. The van der Waals surface area contributed by atoms with E-state index >= 15 is 0 Å². The molecule has 0 saturated carbocycles. The molecule has 4 rings (SSSR count). The molecule has 25 heavy (non-hydrogen) atoms. The molecule has 3 aromatic heterocycles. The zero-order chi connectivity index (χ0) is 17.2. The Bertz CT molecular complexity index is 980. The molecule has 0 amide bonds. The van der Waals surface area contributed by atoms with Gasteiger partial charge in [0.2, 0.25) is 0 Å². The number of hydrogen-bond donors (Lipinski definition) is 2. The van der Waals surface area contributed by atoms with E-state index in [4.69, 9.17) is 10.5 Å². The molecule has 0 aliphatic carbocycles. The predicted molar refractivity (Wildman–Crippen MR) is 96.1 cm³/mol. The number of rotatable bonds is 4. The lowest BCUT2D eigenvalue weighted by atomic mass is 9.97. The van der Waals surface area contributed by atoms with Gasteiger partial charge < -0.3 is 15.5 Å². The van der Waals surface area contributed by atoms with Crippen LogP contribution in [0.3, 0.4) is 0 Å². The molecule has 6 nitrogen and oxygen atoms in total. The molecule has 6 heteroatoms. The number of methoxy groups -OCH3 is 1. The summed E-state index contributed by atoms with van der Waals surface area (Å²) in [5, 5.41) is 0. The van der Waals surface area contributed by atoms with Crippen LogP contribution in [-0.4, -0.2) is 27.0 Å². The average molecular weight is 331 g/mol. The molecule has 0 aliphatic heterocycles. The van der Waals surface area contributed by atoms with E-state index in [2.05, 4.69) is 19.9 Å². The van der Waals surface area contributed by atoms with Crippen molar-refractivity contribution in [3.05, 3.63) is 72.3 Å². The maximum atomic E-state index is 6.46. The van der Waals surface area contributed by atoms with Gasteiger partial charge in [0.25, 0.3) is 0 Å². The molecule has 0 bridgehead atoms. The molecule has 0 aliphatic rings. The summed E-state index contributed by atoms with van der Waals surface area (Å²) in [5.74, 6) is 0.743. The average Bonchev–Trinajstić information content (AvgIpc) is 3.12. The Morgan fingerprint density at radius 2 is 1.96 bits per heavy atom. The van der Waals surface area contributed by atoms with E-state index in [9.17, 15) is 0 Å². The summed E-state index contributed by atoms with van der Waals surface area (Å²) >= 11 is 0. The lowest BCUT2D eigenvalue weighted by Gasteiger charge is -2.17. The number of aromatic nitrogens is 4. The molecule has 3 heterocycles. The Labute approximate surface area is 144 Å². The van der Waals surface area contributed by atoms with Crippen LogP contribution < -0.4 is 10.5 Å². The highest BCUT2D eigenvalue weighted by molar-refractivity contribution is 5.79. The number of nitrogens with zero attached hydrogens (tertiary/aromatic N) is 3. The van der Waals surface area contributed by atoms with Gasteiger partial charge >= 0.3 is 0 Å². The number of ether oxygens (including phenoxy) is 1. The molecule has 1 aromatic carbocycles. The predicted octanol–water partition coefficient (Wildman–Crippen LogP) is 3.08. The fourth-order valence-corrected chi connectivity index (χ4v) is 2.89. The Hall–Kier alpha value is -3.25. The molecular formula is C19H17N5O. The Morgan fingerprint density at radius 1 is 1.08 bits per heavy atom. The maximum Gasteiger partial charge on any atom is 0.156 e. The van der Waals surface area contributed by atoms with Crippen molar-refractivity contribution in [1.29, 1.82) is 0 Å². The first-order chi connectivity index (χ1) is 12.3. The van der Waals surface area contributed by atoms with Gasteiger partial charge in [0.05, 0.1) is 13.2 Å². The summed E-state index contributed by atoms with van der Waals surface area (Å²) in [5.41, 5.74) is 11.8. The Kier molecular flexibility index (Phi) is 3.87. The van der Waals surface area contributed by atoms with Gasteiger partial charge in [-0.05, 0) is 41.5 Å². The van der Waals surface area contributed by atoms with Crippen LogP contribution in [0.2, 0.25) is 0 Å². The first kappa shape index (κ1) is 15.3. The largest absolute Gasteiger partial charge is 0.496 e. The quantitative estimate of drug-likeness (QED) is 0.600. The van der Waals surface area contributed by atoms with Crippen LogP contribution in [0.4, 0.5) is 0 Å². The van der Waals surface area contributed by atoms with Crippen molar-refractivity contribution in [2.75, 3.05) is 7.11 Å². The lowest BCUT2D eigenvalue weighted by molar-refractivity contribution is 0.408. The van der Waals surface area contributed by atoms with E-state index in [1.807, 2.05) is 36.4 Å². The fraction of sp³-hybridized carbons (Fsp3) is 0.105. The maximum absolute atomic E-state index is 6.46. The van der Waals surface area contributed by atoms with Crippen LogP contribution in [0.1, 0.15) is 17.2 Å². The van der Waals surface area contributed by atoms with Gasteiger partial charge in [0.15, 0.2) is 5.65 Å². The highest BCUT2D eigenvalue weighted by atomic mass is 16.5. The number of hydrogen-bond acceptors (Lipinski definition) is 5. The van der Waals surface area contributed by atoms with E-state index < -0.39 is 0 Å². The highest BCUT2D eigenvalue weighted by Crippen LogP contribution is 2.32. The lowest BCUT2D eigenvalue weighted by Crippen LogP contribution is -2.13. The van der Waals surface area contributed by atoms with Crippen molar-refractivity contribution in [2.45, 2.75) is 6.04 Å². The SMILES string of the molecule is COc1ccc(-c2cc3nccnc3[nH]2)cc1C(N)c1cccnc1. The number of pyridine rings is 1. The number of fused-ring (bicyclic) bond motifs is 1. The Morgan fingerprint density at radius 3 is 2.72 bits per heavy atom. The molecule has 1 unspecified atom stereocenters. The molecule has 1 atom stereocenters.